The second-order valence-corrected chi connectivity index (χ2v) is 5.44. The molecule has 5 heteroatoms. The van der Waals surface area contributed by atoms with Crippen LogP contribution in [0.4, 0.5) is 0 Å². The minimum absolute atomic E-state index is 0.0130. The molecule has 1 aromatic rings. The van der Waals surface area contributed by atoms with Gasteiger partial charge in [0.25, 0.3) is 0 Å². The number of rotatable bonds is 5. The number of likely N-dealkylation sites (tertiary alicyclic amines) is 1. The lowest BCUT2D eigenvalue weighted by Crippen LogP contribution is -2.48. The largest absolute Gasteiger partial charge is 0.497 e. The van der Waals surface area contributed by atoms with Crippen LogP contribution in [-0.2, 0) is 9.53 Å². The van der Waals surface area contributed by atoms with E-state index in [0.717, 1.165) is 31.7 Å². The Morgan fingerprint density at radius 3 is 2.71 bits per heavy atom. The third-order valence-corrected chi connectivity index (χ3v) is 4.04. The Hall–Kier alpha value is -1.59. The second-order valence-electron chi connectivity index (χ2n) is 5.44. The number of nitrogens with zero attached hydrogens (tertiary/aromatic N) is 1. The number of ether oxygens (including phenoxy) is 2. The first-order chi connectivity index (χ1) is 10.2. The second kappa shape index (κ2) is 7.43. The van der Waals surface area contributed by atoms with Crippen molar-refractivity contribution < 1.29 is 14.3 Å². The molecule has 0 aliphatic carbocycles. The van der Waals surface area contributed by atoms with E-state index in [-0.39, 0.29) is 12.5 Å². The zero-order valence-electron chi connectivity index (χ0n) is 12.7. The minimum atomic E-state index is -0.552. The van der Waals surface area contributed by atoms with Crippen molar-refractivity contribution in [2.24, 2.45) is 5.73 Å². The normalized spacial score (nSPS) is 17.6. The summed E-state index contributed by atoms with van der Waals surface area (Å²) in [6.07, 6.45) is 1.91. The Morgan fingerprint density at radius 2 is 2.10 bits per heavy atom. The molecule has 0 radical (unpaired) electrons. The summed E-state index contributed by atoms with van der Waals surface area (Å²) >= 11 is 0. The first-order valence-electron chi connectivity index (χ1n) is 7.33. The molecule has 0 bridgehead atoms. The molecule has 1 heterocycles. The Kier molecular flexibility index (Phi) is 5.59. The Labute approximate surface area is 126 Å². The van der Waals surface area contributed by atoms with Gasteiger partial charge in [-0.05, 0) is 36.5 Å². The highest BCUT2D eigenvalue weighted by molar-refractivity contribution is 5.81. The summed E-state index contributed by atoms with van der Waals surface area (Å²) in [5.74, 6) is 1.34. The van der Waals surface area contributed by atoms with Crippen molar-refractivity contribution in [3.63, 3.8) is 0 Å². The van der Waals surface area contributed by atoms with Crippen LogP contribution < -0.4 is 10.5 Å². The monoisotopic (exact) mass is 292 g/mol. The molecule has 1 amide bonds. The fourth-order valence-electron chi connectivity index (χ4n) is 2.81. The maximum Gasteiger partial charge on any atom is 0.241 e. The van der Waals surface area contributed by atoms with Crippen molar-refractivity contribution >= 4 is 5.91 Å². The maximum absolute atomic E-state index is 12.1. The van der Waals surface area contributed by atoms with Gasteiger partial charge >= 0.3 is 0 Å². The lowest BCUT2D eigenvalue weighted by atomic mass is 9.89. The predicted molar refractivity (Wildman–Crippen MR) is 81.4 cm³/mol. The van der Waals surface area contributed by atoms with Crippen LogP contribution in [0.3, 0.4) is 0 Å². The summed E-state index contributed by atoms with van der Waals surface area (Å²) in [5.41, 5.74) is 7.09. The summed E-state index contributed by atoms with van der Waals surface area (Å²) in [7, 11) is 3.24. The van der Waals surface area contributed by atoms with E-state index in [9.17, 15) is 4.79 Å². The number of carbonyl (C=O) groups excluding carboxylic acids is 1. The van der Waals surface area contributed by atoms with E-state index in [4.69, 9.17) is 15.2 Å². The molecule has 116 valence electrons. The number of methoxy groups -OCH3 is 2. The van der Waals surface area contributed by atoms with Gasteiger partial charge in [-0.25, -0.2) is 0 Å². The fraction of sp³-hybridized carbons (Fsp3) is 0.562. The van der Waals surface area contributed by atoms with Gasteiger partial charge < -0.3 is 20.1 Å². The lowest BCUT2D eigenvalue weighted by Gasteiger charge is -2.33. The van der Waals surface area contributed by atoms with E-state index in [2.05, 4.69) is 12.1 Å². The Balaban J connectivity index is 1.92. The highest BCUT2D eigenvalue weighted by Gasteiger charge is 2.27. The number of benzene rings is 1. The molecule has 1 unspecified atom stereocenters. The maximum atomic E-state index is 12.1. The molecule has 1 saturated heterocycles. The number of hydrogen-bond acceptors (Lipinski definition) is 4. The van der Waals surface area contributed by atoms with Crippen molar-refractivity contribution in [2.75, 3.05) is 33.9 Å². The molecule has 1 atom stereocenters. The molecule has 0 spiro atoms. The SMILES string of the molecule is COCC(N)C(=O)N1CCC(c2cccc(OC)c2)CC1. The summed E-state index contributed by atoms with van der Waals surface area (Å²) in [6, 6.07) is 7.62. The first kappa shape index (κ1) is 15.8. The number of hydrogen-bond donors (Lipinski definition) is 1. The number of nitrogens with two attached hydrogens (primary N) is 1. The molecule has 2 N–H and O–H groups in total. The molecule has 21 heavy (non-hydrogen) atoms. The average Bonchev–Trinajstić information content (AvgIpc) is 2.54. The van der Waals surface area contributed by atoms with Crippen LogP contribution >= 0.6 is 0 Å². The predicted octanol–water partition coefficient (Wildman–Crippen LogP) is 1.37. The molecule has 1 aromatic carbocycles. The summed E-state index contributed by atoms with van der Waals surface area (Å²) in [6.45, 7) is 1.77. The molecule has 0 saturated carbocycles. The lowest BCUT2D eigenvalue weighted by molar-refractivity contribution is -0.134. The molecular formula is C16H24N2O3. The van der Waals surface area contributed by atoms with Crippen LogP contribution in [0.2, 0.25) is 0 Å². The van der Waals surface area contributed by atoms with Crippen molar-refractivity contribution in [1.29, 1.82) is 0 Å². The zero-order valence-corrected chi connectivity index (χ0v) is 12.7. The van der Waals surface area contributed by atoms with Crippen LogP contribution in [-0.4, -0.2) is 50.8 Å². The van der Waals surface area contributed by atoms with Crippen molar-refractivity contribution in [3.8, 4) is 5.75 Å². The van der Waals surface area contributed by atoms with Crippen molar-refractivity contribution in [3.05, 3.63) is 29.8 Å². The quantitative estimate of drug-likeness (QED) is 0.890. The van der Waals surface area contributed by atoms with Gasteiger partial charge in [-0.3, -0.25) is 4.79 Å². The highest BCUT2D eigenvalue weighted by Crippen LogP contribution is 2.30. The van der Waals surface area contributed by atoms with Crippen LogP contribution in [0.1, 0.15) is 24.3 Å². The first-order valence-corrected chi connectivity index (χ1v) is 7.33. The molecule has 1 aliphatic heterocycles. The smallest absolute Gasteiger partial charge is 0.241 e. The van der Waals surface area contributed by atoms with Crippen LogP contribution in [0.15, 0.2) is 24.3 Å². The molecule has 0 aromatic heterocycles. The van der Waals surface area contributed by atoms with E-state index < -0.39 is 6.04 Å². The number of carbonyl (C=O) groups is 1. The van der Waals surface area contributed by atoms with E-state index in [1.165, 1.54) is 5.56 Å². The molecule has 1 aliphatic rings. The van der Waals surface area contributed by atoms with Gasteiger partial charge in [0.1, 0.15) is 11.8 Å². The van der Waals surface area contributed by atoms with E-state index in [0.29, 0.717) is 5.92 Å². The van der Waals surface area contributed by atoms with Gasteiger partial charge in [-0.15, -0.1) is 0 Å². The van der Waals surface area contributed by atoms with Crippen LogP contribution in [0.25, 0.3) is 0 Å². The van der Waals surface area contributed by atoms with E-state index in [1.54, 1.807) is 14.2 Å². The van der Waals surface area contributed by atoms with Gasteiger partial charge in [0.2, 0.25) is 5.91 Å². The third-order valence-electron chi connectivity index (χ3n) is 4.04. The van der Waals surface area contributed by atoms with Crippen LogP contribution in [0.5, 0.6) is 5.75 Å². The topological polar surface area (TPSA) is 64.8 Å². The van der Waals surface area contributed by atoms with Gasteiger partial charge in [0.15, 0.2) is 0 Å². The standard InChI is InChI=1S/C16H24N2O3/c1-20-11-15(17)16(19)18-8-6-12(7-9-18)13-4-3-5-14(10-13)21-2/h3-5,10,12,15H,6-9,11,17H2,1-2H3. The molecule has 5 nitrogen and oxygen atoms in total. The molecular weight excluding hydrogens is 268 g/mol. The Bertz CT molecular complexity index is 470. The van der Waals surface area contributed by atoms with Crippen LogP contribution in [0, 0.1) is 0 Å². The average molecular weight is 292 g/mol. The van der Waals surface area contributed by atoms with Crippen molar-refractivity contribution in [2.45, 2.75) is 24.8 Å². The third kappa shape index (κ3) is 3.95. The van der Waals surface area contributed by atoms with Gasteiger partial charge in [-0.2, -0.15) is 0 Å². The molecule has 1 fully saturated rings. The summed E-state index contributed by atoms with van der Waals surface area (Å²) in [5, 5.41) is 0. The van der Waals surface area contributed by atoms with Gasteiger partial charge in [0, 0.05) is 20.2 Å². The van der Waals surface area contributed by atoms with Gasteiger partial charge in [-0.1, -0.05) is 12.1 Å². The minimum Gasteiger partial charge on any atom is -0.497 e. The number of amides is 1. The zero-order chi connectivity index (χ0) is 15.2. The van der Waals surface area contributed by atoms with E-state index >= 15 is 0 Å². The van der Waals surface area contributed by atoms with E-state index in [1.807, 2.05) is 17.0 Å². The highest BCUT2D eigenvalue weighted by atomic mass is 16.5. The summed E-state index contributed by atoms with van der Waals surface area (Å²) < 4.78 is 10.2. The van der Waals surface area contributed by atoms with Gasteiger partial charge in [0.05, 0.1) is 13.7 Å². The fourth-order valence-corrected chi connectivity index (χ4v) is 2.81. The summed E-state index contributed by atoms with van der Waals surface area (Å²) in [4.78, 5) is 14.0. The Morgan fingerprint density at radius 1 is 1.38 bits per heavy atom. The molecule has 2 rings (SSSR count). The van der Waals surface area contributed by atoms with Crippen molar-refractivity contribution in [1.82, 2.24) is 4.90 Å². The number of piperidine rings is 1.